The molecular weight excluding hydrogens is 388 g/mol. The summed E-state index contributed by atoms with van der Waals surface area (Å²) >= 11 is 1.60. The van der Waals surface area contributed by atoms with Crippen molar-refractivity contribution in [2.75, 3.05) is 26.6 Å². The van der Waals surface area contributed by atoms with Gasteiger partial charge in [0.1, 0.15) is 0 Å². The van der Waals surface area contributed by atoms with Crippen molar-refractivity contribution in [3.05, 3.63) is 11.1 Å². The van der Waals surface area contributed by atoms with Gasteiger partial charge in [-0.2, -0.15) is 0 Å². The van der Waals surface area contributed by atoms with E-state index < -0.39 is 0 Å². The Bertz CT molecular complexity index is 638. The van der Waals surface area contributed by atoms with E-state index in [0.717, 1.165) is 50.1 Å². The first kappa shape index (κ1) is 22.7. The Morgan fingerprint density at radius 1 is 1.07 bits per heavy atom. The highest BCUT2D eigenvalue weighted by atomic mass is 32.1. The van der Waals surface area contributed by atoms with Gasteiger partial charge in [0.25, 0.3) is 0 Å². The number of amides is 1. The summed E-state index contributed by atoms with van der Waals surface area (Å²) in [5.74, 6) is 1.25. The Hall–Kier alpha value is -1.02. The number of ether oxygens (including phenoxy) is 3. The number of carbonyl (C=O) groups is 1. The van der Waals surface area contributed by atoms with E-state index in [4.69, 9.17) is 14.2 Å². The van der Waals surface area contributed by atoms with Crippen LogP contribution in [-0.4, -0.2) is 50.5 Å². The molecule has 1 N–H and O–H groups in total. The molecule has 0 aliphatic heterocycles. The Morgan fingerprint density at radius 2 is 1.90 bits per heavy atom. The van der Waals surface area contributed by atoms with E-state index in [0.29, 0.717) is 24.4 Å². The summed E-state index contributed by atoms with van der Waals surface area (Å²) in [5, 5.41) is 3.71. The second kappa shape index (κ2) is 11.4. The second-order valence-corrected chi connectivity index (χ2v) is 9.66. The van der Waals surface area contributed by atoms with Crippen molar-refractivity contribution in [3.63, 3.8) is 0 Å². The largest absolute Gasteiger partial charge is 0.381 e. The molecule has 0 radical (unpaired) electrons. The van der Waals surface area contributed by atoms with Crippen LogP contribution in [0.15, 0.2) is 6.20 Å². The van der Waals surface area contributed by atoms with E-state index in [-0.39, 0.29) is 18.1 Å². The fourth-order valence-corrected chi connectivity index (χ4v) is 5.81. The molecule has 7 heteroatoms. The lowest BCUT2D eigenvalue weighted by Gasteiger charge is -2.34. The maximum atomic E-state index is 12.4. The van der Waals surface area contributed by atoms with Gasteiger partial charge >= 0.3 is 0 Å². The van der Waals surface area contributed by atoms with Crippen LogP contribution in [-0.2, 0) is 25.4 Å². The molecule has 6 nitrogen and oxygen atoms in total. The molecular formula is C22H36N2O4S. The molecule has 1 amide bonds. The quantitative estimate of drug-likeness (QED) is 0.635. The molecule has 1 aromatic rings. The smallest absolute Gasteiger partial charge is 0.226 e. The van der Waals surface area contributed by atoms with Crippen LogP contribution >= 0.6 is 11.3 Å². The predicted molar refractivity (Wildman–Crippen MR) is 115 cm³/mol. The number of rotatable bonds is 9. The summed E-state index contributed by atoms with van der Waals surface area (Å²) in [5.41, 5.74) is 0. The molecule has 2 saturated carbocycles. The third-order valence-electron chi connectivity index (χ3n) is 6.58. The van der Waals surface area contributed by atoms with E-state index in [1.807, 2.05) is 6.20 Å². The molecule has 164 valence electrons. The number of thiazole rings is 1. The summed E-state index contributed by atoms with van der Waals surface area (Å²) in [6.45, 7) is 0. The second-order valence-electron chi connectivity index (χ2n) is 8.54. The van der Waals surface area contributed by atoms with Gasteiger partial charge in [-0.3, -0.25) is 4.79 Å². The Balaban J connectivity index is 1.41. The first-order valence-electron chi connectivity index (χ1n) is 10.9. The van der Waals surface area contributed by atoms with E-state index in [2.05, 4.69) is 10.3 Å². The topological polar surface area (TPSA) is 69.7 Å². The molecule has 0 saturated heterocycles. The van der Waals surface area contributed by atoms with Gasteiger partial charge in [-0.1, -0.05) is 12.8 Å². The average molecular weight is 425 g/mol. The van der Waals surface area contributed by atoms with Crippen LogP contribution in [0.25, 0.3) is 0 Å². The number of nitrogens with one attached hydrogen (secondary N) is 1. The molecule has 5 unspecified atom stereocenters. The van der Waals surface area contributed by atoms with Crippen LogP contribution in [0, 0.1) is 11.8 Å². The molecule has 2 aliphatic carbocycles. The van der Waals surface area contributed by atoms with Crippen molar-refractivity contribution >= 4 is 22.4 Å². The number of aromatic nitrogens is 1. The van der Waals surface area contributed by atoms with Gasteiger partial charge in [-0.25, -0.2) is 4.98 Å². The van der Waals surface area contributed by atoms with Crippen molar-refractivity contribution in [3.8, 4) is 0 Å². The zero-order valence-electron chi connectivity index (χ0n) is 18.0. The van der Waals surface area contributed by atoms with Gasteiger partial charge in [0, 0.05) is 38.8 Å². The highest BCUT2D eigenvalue weighted by Crippen LogP contribution is 2.33. The number of hydrogen-bond donors (Lipinski definition) is 1. The zero-order valence-corrected chi connectivity index (χ0v) is 18.8. The van der Waals surface area contributed by atoms with Crippen LogP contribution in [0.3, 0.4) is 0 Å². The van der Waals surface area contributed by atoms with Gasteiger partial charge in [-0.05, 0) is 56.8 Å². The Kier molecular flexibility index (Phi) is 8.90. The number of hydrogen-bond acceptors (Lipinski definition) is 6. The summed E-state index contributed by atoms with van der Waals surface area (Å²) < 4.78 is 16.6. The van der Waals surface area contributed by atoms with E-state index in [1.54, 1.807) is 32.7 Å². The highest BCUT2D eigenvalue weighted by molar-refractivity contribution is 7.15. The molecule has 0 spiro atoms. The lowest BCUT2D eigenvalue weighted by Crippen LogP contribution is -2.37. The fraction of sp³-hybridized carbons (Fsp3) is 0.818. The van der Waals surface area contributed by atoms with Crippen LogP contribution in [0.4, 0.5) is 5.13 Å². The van der Waals surface area contributed by atoms with Crippen LogP contribution in [0.1, 0.15) is 62.7 Å². The summed E-state index contributed by atoms with van der Waals surface area (Å²) in [7, 11) is 5.32. The number of methoxy groups -OCH3 is 3. The molecule has 3 rings (SSSR count). The van der Waals surface area contributed by atoms with Crippen molar-refractivity contribution < 1.29 is 19.0 Å². The van der Waals surface area contributed by atoms with Crippen molar-refractivity contribution in [1.82, 2.24) is 4.98 Å². The summed E-state index contributed by atoms with van der Waals surface area (Å²) in [6, 6.07) is 0. The molecule has 0 aromatic carbocycles. The van der Waals surface area contributed by atoms with Gasteiger partial charge < -0.3 is 19.5 Å². The Morgan fingerprint density at radius 3 is 2.66 bits per heavy atom. The molecule has 1 heterocycles. The minimum absolute atomic E-state index is 0.0745. The number of nitrogens with zero attached hydrogens (tertiary/aromatic N) is 1. The molecule has 29 heavy (non-hydrogen) atoms. The molecule has 2 fully saturated rings. The van der Waals surface area contributed by atoms with Gasteiger partial charge in [0.2, 0.25) is 5.91 Å². The Labute approximate surface area is 178 Å². The van der Waals surface area contributed by atoms with Gasteiger partial charge in [0.15, 0.2) is 5.13 Å². The zero-order chi connectivity index (χ0) is 20.6. The molecule has 1 aromatic heterocycles. The van der Waals surface area contributed by atoms with Crippen molar-refractivity contribution in [1.29, 1.82) is 0 Å². The molecule has 5 atom stereocenters. The standard InChI is InChI=1S/C22H36N2O4S/c1-26-17-6-4-5-15(11-17)8-10-21(25)24-22-23-14-18(29-22)12-16-7-9-19(27-2)20(13-16)28-3/h14-17,19-20H,4-13H2,1-3H3,(H,23,24,25). The van der Waals surface area contributed by atoms with Gasteiger partial charge in [-0.15, -0.1) is 11.3 Å². The maximum absolute atomic E-state index is 12.4. The summed E-state index contributed by atoms with van der Waals surface area (Å²) in [6.07, 6.45) is 13.0. The number of carbonyl (C=O) groups excluding carboxylic acids is 1. The number of anilines is 1. The molecule has 2 aliphatic rings. The third kappa shape index (κ3) is 6.74. The first-order chi connectivity index (χ1) is 14.1. The lowest BCUT2D eigenvalue weighted by atomic mass is 9.83. The van der Waals surface area contributed by atoms with E-state index in [9.17, 15) is 4.79 Å². The van der Waals surface area contributed by atoms with E-state index in [1.165, 1.54) is 17.7 Å². The van der Waals surface area contributed by atoms with Crippen molar-refractivity contribution in [2.45, 2.75) is 82.5 Å². The monoisotopic (exact) mass is 424 g/mol. The minimum atomic E-state index is 0.0745. The average Bonchev–Trinajstić information content (AvgIpc) is 3.18. The fourth-order valence-electron chi connectivity index (χ4n) is 4.87. The van der Waals surface area contributed by atoms with E-state index >= 15 is 0 Å². The normalized spacial score (nSPS) is 30.2. The van der Waals surface area contributed by atoms with Gasteiger partial charge in [0.05, 0.1) is 18.3 Å². The SMILES string of the molecule is COC1CCCC(CCC(=O)Nc2ncc(CC3CCC(OC)C(OC)C3)s2)C1. The summed E-state index contributed by atoms with van der Waals surface area (Å²) in [4.78, 5) is 18.0. The highest BCUT2D eigenvalue weighted by Gasteiger charge is 2.31. The lowest BCUT2D eigenvalue weighted by molar-refractivity contribution is -0.116. The van der Waals surface area contributed by atoms with Crippen LogP contribution in [0.5, 0.6) is 0 Å². The van der Waals surface area contributed by atoms with Crippen LogP contribution < -0.4 is 5.32 Å². The van der Waals surface area contributed by atoms with Crippen LogP contribution in [0.2, 0.25) is 0 Å². The predicted octanol–water partition coefficient (Wildman–Crippen LogP) is 4.44. The third-order valence-corrected chi connectivity index (χ3v) is 7.52. The minimum Gasteiger partial charge on any atom is -0.381 e. The van der Waals surface area contributed by atoms with Crippen molar-refractivity contribution in [2.24, 2.45) is 11.8 Å². The first-order valence-corrected chi connectivity index (χ1v) is 11.8. The molecule has 0 bridgehead atoms. The maximum Gasteiger partial charge on any atom is 0.226 e.